The third-order valence-electron chi connectivity index (χ3n) is 2.66. The van der Waals surface area contributed by atoms with Crippen molar-refractivity contribution < 1.29 is 4.79 Å². The molecule has 0 unspecified atom stereocenters. The van der Waals surface area contributed by atoms with Gasteiger partial charge in [-0.1, -0.05) is 35.3 Å². The van der Waals surface area contributed by atoms with Crippen LogP contribution in [-0.4, -0.2) is 17.4 Å². The Morgan fingerprint density at radius 2 is 2.10 bits per heavy atom. The molecule has 3 rings (SSSR count). The topological polar surface area (TPSA) is 68.0 Å². The lowest BCUT2D eigenvalue weighted by Gasteiger charge is -1.96. The minimum absolute atomic E-state index is 0.167. The van der Waals surface area contributed by atoms with E-state index in [1.807, 2.05) is 30.3 Å². The van der Waals surface area contributed by atoms with Gasteiger partial charge in [0.15, 0.2) is 5.13 Å². The maximum absolute atomic E-state index is 12.2. The third-order valence-corrected chi connectivity index (χ3v) is 4.61. The average molecular weight is 313 g/mol. The van der Waals surface area contributed by atoms with Crippen LogP contribution in [0.5, 0.6) is 0 Å². The van der Waals surface area contributed by atoms with Crippen LogP contribution in [0.2, 0.25) is 0 Å². The van der Waals surface area contributed by atoms with Crippen LogP contribution in [0.15, 0.2) is 36.4 Å². The lowest BCUT2D eigenvalue weighted by molar-refractivity contribution is 0.103. The summed E-state index contributed by atoms with van der Waals surface area (Å²) in [6, 6.07) is 11.4. The molecule has 0 aliphatic heterocycles. The molecular weight excluding hydrogens is 302 g/mol. The number of nitrogens with two attached hydrogens (primary N) is 1. The molecular formula is C15H11N3OS2. The maximum atomic E-state index is 12.2. The predicted molar refractivity (Wildman–Crippen MR) is 87.8 cm³/mol. The van der Waals surface area contributed by atoms with E-state index < -0.39 is 0 Å². The van der Waals surface area contributed by atoms with Gasteiger partial charge in [0.2, 0.25) is 0 Å². The van der Waals surface area contributed by atoms with Gasteiger partial charge in [0, 0.05) is 0 Å². The number of amides is 1. The highest BCUT2D eigenvalue weighted by atomic mass is 32.1. The fourth-order valence-corrected chi connectivity index (χ4v) is 3.39. The number of carbonyl (C=O) groups excluding carboxylic acids is 1. The van der Waals surface area contributed by atoms with Gasteiger partial charge in [-0.05, 0) is 24.3 Å². The SMILES string of the molecule is NCC#Cc1ccc(C(=O)Nc2nc3ccccc3s2)s1. The van der Waals surface area contributed by atoms with E-state index in [1.54, 1.807) is 6.07 Å². The molecule has 0 aliphatic rings. The number of carbonyl (C=O) groups is 1. The van der Waals surface area contributed by atoms with Crippen LogP contribution < -0.4 is 11.1 Å². The Hall–Kier alpha value is -2.20. The van der Waals surface area contributed by atoms with E-state index in [0.717, 1.165) is 15.1 Å². The molecule has 0 aliphatic carbocycles. The Morgan fingerprint density at radius 1 is 1.24 bits per heavy atom. The van der Waals surface area contributed by atoms with Crippen LogP contribution in [-0.2, 0) is 0 Å². The monoisotopic (exact) mass is 313 g/mol. The molecule has 0 atom stereocenters. The average Bonchev–Trinajstić information content (AvgIpc) is 3.11. The molecule has 104 valence electrons. The van der Waals surface area contributed by atoms with Gasteiger partial charge in [0.05, 0.1) is 26.5 Å². The highest BCUT2D eigenvalue weighted by Crippen LogP contribution is 2.26. The largest absolute Gasteiger partial charge is 0.320 e. The zero-order chi connectivity index (χ0) is 14.7. The van der Waals surface area contributed by atoms with E-state index in [2.05, 4.69) is 22.1 Å². The van der Waals surface area contributed by atoms with Crippen LogP contribution in [0.4, 0.5) is 5.13 Å². The number of thiophene rings is 1. The van der Waals surface area contributed by atoms with E-state index in [9.17, 15) is 4.79 Å². The van der Waals surface area contributed by atoms with Gasteiger partial charge >= 0.3 is 0 Å². The number of aromatic nitrogens is 1. The number of fused-ring (bicyclic) bond motifs is 1. The van der Waals surface area contributed by atoms with Crippen LogP contribution in [0.1, 0.15) is 14.5 Å². The molecule has 0 bridgehead atoms. The van der Waals surface area contributed by atoms with Crippen molar-refractivity contribution in [3.63, 3.8) is 0 Å². The standard InChI is InChI=1S/C15H11N3OS2/c16-9-3-4-10-7-8-13(20-10)14(19)18-15-17-11-5-1-2-6-12(11)21-15/h1-2,5-8H,9,16H2,(H,17,18,19). The second kappa shape index (κ2) is 6.06. The van der Waals surface area contributed by atoms with Crippen molar-refractivity contribution in [1.82, 2.24) is 4.98 Å². The number of hydrogen-bond acceptors (Lipinski definition) is 5. The molecule has 0 saturated carbocycles. The molecule has 1 aromatic carbocycles. The molecule has 0 saturated heterocycles. The molecule has 1 amide bonds. The first kappa shape index (κ1) is 13.8. The minimum atomic E-state index is -0.167. The maximum Gasteiger partial charge on any atom is 0.267 e. The Bertz CT molecular complexity index is 821. The van der Waals surface area contributed by atoms with E-state index in [0.29, 0.717) is 16.6 Å². The van der Waals surface area contributed by atoms with E-state index in [1.165, 1.54) is 22.7 Å². The van der Waals surface area contributed by atoms with E-state index in [4.69, 9.17) is 5.73 Å². The quantitative estimate of drug-likeness (QED) is 0.715. The molecule has 21 heavy (non-hydrogen) atoms. The molecule has 2 aromatic heterocycles. The first-order chi connectivity index (χ1) is 10.3. The zero-order valence-corrected chi connectivity index (χ0v) is 12.6. The normalized spacial score (nSPS) is 10.1. The van der Waals surface area contributed by atoms with Gasteiger partial charge in [-0.25, -0.2) is 4.98 Å². The number of nitrogens with one attached hydrogen (secondary N) is 1. The van der Waals surface area contributed by atoms with Crippen LogP contribution >= 0.6 is 22.7 Å². The van der Waals surface area contributed by atoms with Crippen molar-refractivity contribution >= 4 is 43.9 Å². The fourth-order valence-electron chi connectivity index (χ4n) is 1.75. The molecule has 2 heterocycles. The number of anilines is 1. The van der Waals surface area contributed by atoms with E-state index >= 15 is 0 Å². The fraction of sp³-hybridized carbons (Fsp3) is 0.0667. The second-order valence-corrected chi connectivity index (χ2v) is 6.23. The lowest BCUT2D eigenvalue weighted by atomic mass is 10.3. The van der Waals surface area contributed by atoms with Gasteiger partial charge in [-0.3, -0.25) is 10.1 Å². The van der Waals surface area contributed by atoms with Crippen molar-refractivity contribution in [3.05, 3.63) is 46.2 Å². The van der Waals surface area contributed by atoms with Gasteiger partial charge in [0.25, 0.3) is 5.91 Å². The number of nitrogens with zero attached hydrogens (tertiary/aromatic N) is 1. The third kappa shape index (κ3) is 3.11. The summed E-state index contributed by atoms with van der Waals surface area (Å²) >= 11 is 2.80. The summed E-state index contributed by atoms with van der Waals surface area (Å²) in [5, 5.41) is 3.42. The number of rotatable bonds is 2. The molecule has 0 spiro atoms. The Labute approximate surface area is 129 Å². The van der Waals surface area contributed by atoms with Crippen LogP contribution in [0, 0.1) is 11.8 Å². The minimum Gasteiger partial charge on any atom is -0.320 e. The summed E-state index contributed by atoms with van der Waals surface area (Å²) in [7, 11) is 0. The summed E-state index contributed by atoms with van der Waals surface area (Å²) in [6.45, 7) is 0.311. The number of thiazole rings is 1. The summed E-state index contributed by atoms with van der Waals surface area (Å²) in [5.41, 5.74) is 6.21. The summed E-state index contributed by atoms with van der Waals surface area (Å²) in [5.74, 6) is 5.52. The van der Waals surface area contributed by atoms with Crippen LogP contribution in [0.25, 0.3) is 10.2 Å². The summed E-state index contributed by atoms with van der Waals surface area (Å²) < 4.78 is 1.05. The lowest BCUT2D eigenvalue weighted by Crippen LogP contribution is -2.09. The van der Waals surface area contributed by atoms with Gasteiger partial charge in [-0.2, -0.15) is 0 Å². The van der Waals surface area contributed by atoms with Crippen molar-refractivity contribution in [2.24, 2.45) is 5.73 Å². The van der Waals surface area contributed by atoms with Crippen molar-refractivity contribution in [2.45, 2.75) is 0 Å². The smallest absolute Gasteiger partial charge is 0.267 e. The summed E-state index contributed by atoms with van der Waals surface area (Å²) in [4.78, 5) is 18.0. The Morgan fingerprint density at radius 3 is 2.90 bits per heavy atom. The predicted octanol–water partition coefficient (Wildman–Crippen LogP) is 2.92. The first-order valence-electron chi connectivity index (χ1n) is 6.22. The van der Waals surface area contributed by atoms with Crippen molar-refractivity contribution in [1.29, 1.82) is 0 Å². The highest BCUT2D eigenvalue weighted by molar-refractivity contribution is 7.22. The Balaban J connectivity index is 1.77. The molecule has 0 radical (unpaired) electrons. The molecule has 4 nitrogen and oxygen atoms in total. The molecule has 0 fully saturated rings. The zero-order valence-electron chi connectivity index (χ0n) is 10.9. The van der Waals surface area contributed by atoms with E-state index in [-0.39, 0.29) is 5.91 Å². The molecule has 6 heteroatoms. The summed E-state index contributed by atoms with van der Waals surface area (Å²) in [6.07, 6.45) is 0. The van der Waals surface area contributed by atoms with Gasteiger partial charge < -0.3 is 5.73 Å². The highest BCUT2D eigenvalue weighted by Gasteiger charge is 2.11. The van der Waals surface area contributed by atoms with Crippen molar-refractivity contribution in [3.8, 4) is 11.8 Å². The number of hydrogen-bond donors (Lipinski definition) is 2. The Kier molecular flexibility index (Phi) is 3.97. The number of para-hydroxylation sites is 1. The first-order valence-corrected chi connectivity index (χ1v) is 7.85. The van der Waals surface area contributed by atoms with Gasteiger partial charge in [0.1, 0.15) is 0 Å². The second-order valence-electron chi connectivity index (χ2n) is 4.11. The van der Waals surface area contributed by atoms with Crippen LogP contribution in [0.3, 0.4) is 0 Å². The number of benzene rings is 1. The van der Waals surface area contributed by atoms with Gasteiger partial charge in [-0.15, -0.1) is 11.3 Å². The molecule has 3 aromatic rings. The molecule has 3 N–H and O–H groups in total. The van der Waals surface area contributed by atoms with Crippen molar-refractivity contribution in [2.75, 3.05) is 11.9 Å².